The fourth-order valence-electron chi connectivity index (χ4n) is 3.63. The third-order valence-corrected chi connectivity index (χ3v) is 7.21. The molecule has 0 aliphatic carbocycles. The summed E-state index contributed by atoms with van der Waals surface area (Å²) in [5.41, 5.74) is 1.96. The summed E-state index contributed by atoms with van der Waals surface area (Å²) in [6, 6.07) is 11.5. The van der Waals surface area contributed by atoms with Gasteiger partial charge in [-0.15, -0.1) is 0 Å². The van der Waals surface area contributed by atoms with Crippen molar-refractivity contribution < 1.29 is 22.4 Å². The van der Waals surface area contributed by atoms with Crippen LogP contribution in [0.4, 0.5) is 10.1 Å². The summed E-state index contributed by atoms with van der Waals surface area (Å²) in [5, 5.41) is 2.85. The molecule has 192 valence electrons. The molecule has 1 N–H and O–H groups in total. The van der Waals surface area contributed by atoms with E-state index < -0.39 is 34.5 Å². The summed E-state index contributed by atoms with van der Waals surface area (Å²) in [4.78, 5) is 28.1. The summed E-state index contributed by atoms with van der Waals surface area (Å²) >= 11 is 0. The lowest BCUT2D eigenvalue weighted by Crippen LogP contribution is -2.54. The predicted octanol–water partition coefficient (Wildman–Crippen LogP) is 3.08. The zero-order chi connectivity index (χ0) is 26.3. The van der Waals surface area contributed by atoms with Crippen LogP contribution in [-0.2, 0) is 26.3 Å². The first-order chi connectivity index (χ1) is 16.4. The van der Waals surface area contributed by atoms with E-state index in [1.807, 2.05) is 45.0 Å². The number of rotatable bonds is 11. The summed E-state index contributed by atoms with van der Waals surface area (Å²) in [7, 11) is -1.38. The number of hydrogen-bond donors (Lipinski definition) is 1. The molecule has 2 rings (SSSR count). The molecule has 0 aliphatic heterocycles. The molecule has 1 atom stereocenters. The highest BCUT2D eigenvalue weighted by atomic mass is 32.2. The maximum atomic E-state index is 13.7. The Labute approximate surface area is 207 Å². The molecule has 0 spiro atoms. The smallest absolute Gasteiger partial charge is 0.304 e. The first kappa shape index (κ1) is 28.3. The van der Waals surface area contributed by atoms with Gasteiger partial charge < -0.3 is 10.2 Å². The van der Waals surface area contributed by atoms with E-state index in [0.717, 1.165) is 31.9 Å². The maximum absolute atomic E-state index is 13.7. The van der Waals surface area contributed by atoms with Crippen molar-refractivity contribution in [3.8, 4) is 0 Å². The number of hydrogen-bond acceptors (Lipinski definition) is 4. The zero-order valence-electron chi connectivity index (χ0n) is 21.2. The summed E-state index contributed by atoms with van der Waals surface area (Å²) in [5.74, 6) is -1.39. The predicted molar refractivity (Wildman–Crippen MR) is 135 cm³/mol. The minimum absolute atomic E-state index is 0.127. The molecule has 0 radical (unpaired) electrons. The number of anilines is 1. The highest BCUT2D eigenvalue weighted by Gasteiger charge is 2.33. The molecule has 0 aliphatic rings. The molecule has 0 heterocycles. The van der Waals surface area contributed by atoms with Crippen molar-refractivity contribution in [3.05, 3.63) is 65.5 Å². The molecule has 2 aromatic rings. The van der Waals surface area contributed by atoms with Crippen molar-refractivity contribution in [1.29, 1.82) is 0 Å². The van der Waals surface area contributed by atoms with Gasteiger partial charge in [0.25, 0.3) is 0 Å². The van der Waals surface area contributed by atoms with Gasteiger partial charge in [0.1, 0.15) is 18.4 Å². The molecular formula is C25H35FN4O4S. The SMILES string of the molecule is CCC(C(=O)NC(C)C)N(Cc1cccc(C)c1)C(=O)CN(c1ccc(F)cc1)S(=O)(=O)N(C)C. The first-order valence-corrected chi connectivity index (χ1v) is 12.9. The van der Waals surface area contributed by atoms with Gasteiger partial charge in [0.2, 0.25) is 11.8 Å². The summed E-state index contributed by atoms with van der Waals surface area (Å²) in [6.45, 7) is 6.97. The molecule has 0 bridgehead atoms. The van der Waals surface area contributed by atoms with E-state index in [-0.39, 0.29) is 24.2 Å². The number of nitrogens with zero attached hydrogens (tertiary/aromatic N) is 3. The van der Waals surface area contributed by atoms with Gasteiger partial charge in [-0.2, -0.15) is 12.7 Å². The molecule has 2 aromatic carbocycles. The average molecular weight is 507 g/mol. The molecule has 0 saturated heterocycles. The lowest BCUT2D eigenvalue weighted by molar-refractivity contribution is -0.140. The number of benzene rings is 2. The van der Waals surface area contributed by atoms with Crippen molar-refractivity contribution in [2.45, 2.75) is 52.7 Å². The molecular weight excluding hydrogens is 471 g/mol. The minimum atomic E-state index is -4.09. The number of aryl methyl sites for hydroxylation is 1. The van der Waals surface area contributed by atoms with E-state index in [1.165, 1.54) is 31.1 Å². The van der Waals surface area contributed by atoms with Gasteiger partial charge in [-0.25, -0.2) is 8.70 Å². The average Bonchev–Trinajstić information content (AvgIpc) is 2.77. The Balaban J connectivity index is 2.50. The van der Waals surface area contributed by atoms with E-state index in [9.17, 15) is 22.4 Å². The van der Waals surface area contributed by atoms with Gasteiger partial charge in [0.15, 0.2) is 0 Å². The Morgan fingerprint density at radius 1 is 1.06 bits per heavy atom. The van der Waals surface area contributed by atoms with Gasteiger partial charge in [0.05, 0.1) is 5.69 Å². The Morgan fingerprint density at radius 3 is 2.20 bits per heavy atom. The zero-order valence-corrected chi connectivity index (χ0v) is 22.0. The fraction of sp³-hybridized carbons (Fsp3) is 0.440. The number of nitrogens with one attached hydrogen (secondary N) is 1. The second-order valence-corrected chi connectivity index (χ2v) is 10.9. The third kappa shape index (κ3) is 7.50. The second kappa shape index (κ2) is 12.1. The number of halogens is 1. The molecule has 2 amide bonds. The highest BCUT2D eigenvalue weighted by molar-refractivity contribution is 7.90. The van der Waals surface area contributed by atoms with E-state index in [1.54, 1.807) is 6.92 Å². The normalized spacial score (nSPS) is 12.5. The molecule has 35 heavy (non-hydrogen) atoms. The number of amides is 2. The van der Waals surface area contributed by atoms with Gasteiger partial charge in [0, 0.05) is 26.7 Å². The second-order valence-electron chi connectivity index (χ2n) is 8.87. The van der Waals surface area contributed by atoms with Crippen molar-refractivity contribution in [1.82, 2.24) is 14.5 Å². The minimum Gasteiger partial charge on any atom is -0.352 e. The van der Waals surface area contributed by atoms with Gasteiger partial charge in [-0.05, 0) is 57.0 Å². The Kier molecular flexibility index (Phi) is 9.79. The molecule has 10 heteroatoms. The third-order valence-electron chi connectivity index (χ3n) is 5.39. The number of carbonyl (C=O) groups excluding carboxylic acids is 2. The van der Waals surface area contributed by atoms with Crippen LogP contribution in [0.25, 0.3) is 0 Å². The van der Waals surface area contributed by atoms with Gasteiger partial charge in [-0.1, -0.05) is 36.8 Å². The van der Waals surface area contributed by atoms with Crippen LogP contribution in [0.2, 0.25) is 0 Å². The van der Waals surface area contributed by atoms with Crippen LogP contribution >= 0.6 is 0 Å². The van der Waals surface area contributed by atoms with Crippen molar-refractivity contribution in [2.24, 2.45) is 0 Å². The lowest BCUT2D eigenvalue weighted by atomic mass is 10.1. The van der Waals surface area contributed by atoms with Crippen LogP contribution in [0.5, 0.6) is 0 Å². The van der Waals surface area contributed by atoms with Crippen LogP contribution in [0.1, 0.15) is 38.3 Å². The van der Waals surface area contributed by atoms with Gasteiger partial charge in [-0.3, -0.25) is 9.59 Å². The topological polar surface area (TPSA) is 90.0 Å². The molecule has 8 nitrogen and oxygen atoms in total. The fourth-order valence-corrected chi connectivity index (χ4v) is 4.69. The highest BCUT2D eigenvalue weighted by Crippen LogP contribution is 2.22. The molecule has 1 unspecified atom stereocenters. The van der Waals surface area contributed by atoms with E-state index >= 15 is 0 Å². The van der Waals surface area contributed by atoms with Crippen molar-refractivity contribution in [3.63, 3.8) is 0 Å². The quantitative estimate of drug-likeness (QED) is 0.507. The van der Waals surface area contributed by atoms with Crippen molar-refractivity contribution in [2.75, 3.05) is 24.9 Å². The van der Waals surface area contributed by atoms with Crippen molar-refractivity contribution >= 4 is 27.7 Å². The van der Waals surface area contributed by atoms with E-state index in [4.69, 9.17) is 0 Å². The molecule has 0 aromatic heterocycles. The summed E-state index contributed by atoms with van der Waals surface area (Å²) in [6.07, 6.45) is 0.340. The summed E-state index contributed by atoms with van der Waals surface area (Å²) < 4.78 is 41.6. The Bertz CT molecular complexity index is 1120. The van der Waals surface area contributed by atoms with E-state index in [0.29, 0.717) is 6.42 Å². The van der Waals surface area contributed by atoms with Crippen LogP contribution in [0, 0.1) is 12.7 Å². The Morgan fingerprint density at radius 2 is 1.69 bits per heavy atom. The van der Waals surface area contributed by atoms with E-state index in [2.05, 4.69) is 5.32 Å². The van der Waals surface area contributed by atoms with Crippen LogP contribution < -0.4 is 9.62 Å². The standard InChI is InChI=1S/C25H35FN4O4S/c1-7-23(25(32)27-18(2)3)29(16-20-10-8-9-19(4)15-20)24(31)17-30(35(33,34)28(5)6)22-13-11-21(26)12-14-22/h8-15,18,23H,7,16-17H2,1-6H3,(H,27,32). The van der Waals surface area contributed by atoms with Gasteiger partial charge >= 0.3 is 10.2 Å². The molecule has 0 saturated carbocycles. The largest absolute Gasteiger partial charge is 0.352 e. The Hall–Kier alpha value is -2.98. The first-order valence-electron chi connectivity index (χ1n) is 11.5. The molecule has 0 fully saturated rings. The lowest BCUT2D eigenvalue weighted by Gasteiger charge is -2.34. The van der Waals surface area contributed by atoms with Crippen LogP contribution in [0.3, 0.4) is 0 Å². The van der Waals surface area contributed by atoms with Crippen LogP contribution in [0.15, 0.2) is 48.5 Å². The monoisotopic (exact) mass is 506 g/mol. The maximum Gasteiger partial charge on any atom is 0.304 e. The number of carbonyl (C=O) groups is 2. The van der Waals surface area contributed by atoms with Crippen LogP contribution in [-0.4, -0.2) is 62.2 Å².